The van der Waals surface area contributed by atoms with Gasteiger partial charge in [0.15, 0.2) is 9.84 Å². The number of carbonyl (C=O) groups is 1. The van der Waals surface area contributed by atoms with Crippen molar-refractivity contribution in [3.63, 3.8) is 0 Å². The van der Waals surface area contributed by atoms with Crippen LogP contribution in [-0.2, 0) is 22.4 Å². The Labute approximate surface area is 101 Å². The summed E-state index contributed by atoms with van der Waals surface area (Å²) in [5.74, 6) is -1.49. The Morgan fingerprint density at radius 3 is 2.39 bits per heavy atom. The molecule has 2 rings (SSSR count). The molecule has 98 valence electrons. The quantitative estimate of drug-likeness (QED) is 0.837. The van der Waals surface area contributed by atoms with Crippen LogP contribution >= 0.6 is 0 Å². The summed E-state index contributed by atoms with van der Waals surface area (Å²) in [5, 5.41) is 0. The van der Waals surface area contributed by atoms with E-state index in [1.807, 2.05) is 0 Å². The molecular weight excluding hydrogens is 271 g/mol. The number of carbonyl (C=O) groups excluding carboxylic acids is 1. The van der Waals surface area contributed by atoms with Gasteiger partial charge in [0.2, 0.25) is 5.91 Å². The first-order chi connectivity index (χ1) is 8.14. The number of hydrogen-bond donors (Lipinski definition) is 1. The highest BCUT2D eigenvalue weighted by molar-refractivity contribution is 7.91. The highest BCUT2D eigenvalue weighted by Gasteiger charge is 2.41. The van der Waals surface area contributed by atoms with Crippen molar-refractivity contribution in [1.82, 2.24) is 0 Å². The zero-order chi connectivity index (χ0) is 13.7. The highest BCUT2D eigenvalue weighted by Crippen LogP contribution is 2.39. The summed E-state index contributed by atoms with van der Waals surface area (Å²) in [7, 11) is -3.86. The van der Waals surface area contributed by atoms with Gasteiger partial charge in [-0.05, 0) is 24.1 Å². The summed E-state index contributed by atoms with van der Waals surface area (Å²) in [6, 6.07) is 1.51. The van der Waals surface area contributed by atoms with E-state index in [1.165, 1.54) is 0 Å². The van der Waals surface area contributed by atoms with Crippen molar-refractivity contribution < 1.29 is 26.4 Å². The summed E-state index contributed by atoms with van der Waals surface area (Å²) >= 11 is 0. The smallest absolute Gasteiger partial charge is 0.366 e. The number of nitrogens with two attached hydrogens (primary N) is 1. The number of halogens is 3. The topological polar surface area (TPSA) is 77.2 Å². The fourth-order valence-electron chi connectivity index (χ4n) is 2.03. The standard InChI is InChI=1S/C10H8F3NO3S/c11-10(12,13)7-2-1-6(9(14)15)8-5(7)3-4-18(8,16)17/h1-2H,3-4H2,(H2,14,15). The minimum Gasteiger partial charge on any atom is -0.366 e. The number of benzene rings is 1. The Morgan fingerprint density at radius 2 is 1.89 bits per heavy atom. The zero-order valence-corrected chi connectivity index (χ0v) is 9.73. The number of alkyl halides is 3. The van der Waals surface area contributed by atoms with E-state index in [4.69, 9.17) is 5.73 Å². The van der Waals surface area contributed by atoms with Crippen LogP contribution in [0.15, 0.2) is 17.0 Å². The van der Waals surface area contributed by atoms with E-state index in [9.17, 15) is 26.4 Å². The van der Waals surface area contributed by atoms with Gasteiger partial charge in [-0.2, -0.15) is 13.2 Å². The molecule has 0 radical (unpaired) electrons. The lowest BCUT2D eigenvalue weighted by Gasteiger charge is -2.13. The highest BCUT2D eigenvalue weighted by atomic mass is 32.2. The van der Waals surface area contributed by atoms with Gasteiger partial charge in [0.25, 0.3) is 0 Å². The van der Waals surface area contributed by atoms with E-state index in [2.05, 4.69) is 0 Å². The third-order valence-electron chi connectivity index (χ3n) is 2.76. The molecule has 0 bridgehead atoms. The van der Waals surface area contributed by atoms with Crippen LogP contribution in [0.2, 0.25) is 0 Å². The minimum absolute atomic E-state index is 0.256. The van der Waals surface area contributed by atoms with E-state index < -0.39 is 38.1 Å². The Kier molecular flexibility index (Phi) is 2.65. The van der Waals surface area contributed by atoms with E-state index in [0.717, 1.165) is 6.07 Å². The summed E-state index contributed by atoms with van der Waals surface area (Å²) in [6.45, 7) is 0. The summed E-state index contributed by atoms with van der Waals surface area (Å²) in [5.41, 5.74) is 3.22. The lowest BCUT2D eigenvalue weighted by Crippen LogP contribution is -2.17. The first-order valence-corrected chi connectivity index (χ1v) is 6.55. The Bertz CT molecular complexity index is 635. The van der Waals surface area contributed by atoms with Crippen LogP contribution in [0, 0.1) is 0 Å². The number of primary amides is 1. The van der Waals surface area contributed by atoms with Gasteiger partial charge in [0.05, 0.1) is 21.8 Å². The Hall–Kier alpha value is -1.57. The molecule has 4 nitrogen and oxygen atoms in total. The largest absolute Gasteiger partial charge is 0.416 e. The maximum absolute atomic E-state index is 12.7. The average molecular weight is 279 g/mol. The van der Waals surface area contributed by atoms with E-state index in [1.54, 1.807) is 0 Å². The maximum Gasteiger partial charge on any atom is 0.416 e. The molecule has 0 aromatic heterocycles. The molecule has 2 N–H and O–H groups in total. The third kappa shape index (κ3) is 1.86. The second-order valence-corrected chi connectivity index (χ2v) is 5.95. The molecule has 0 aliphatic carbocycles. The fourth-order valence-corrected chi connectivity index (χ4v) is 3.80. The van der Waals surface area contributed by atoms with Crippen LogP contribution < -0.4 is 5.73 Å². The fraction of sp³-hybridized carbons (Fsp3) is 0.300. The van der Waals surface area contributed by atoms with E-state index in [0.29, 0.717) is 6.07 Å². The lowest BCUT2D eigenvalue weighted by molar-refractivity contribution is -0.138. The predicted molar refractivity (Wildman–Crippen MR) is 55.7 cm³/mol. The van der Waals surface area contributed by atoms with Gasteiger partial charge < -0.3 is 5.73 Å². The molecule has 0 saturated carbocycles. The van der Waals surface area contributed by atoms with Crippen LogP contribution in [0.3, 0.4) is 0 Å². The second-order valence-electron chi connectivity index (χ2n) is 3.90. The van der Waals surface area contributed by atoms with Crippen molar-refractivity contribution in [3.05, 3.63) is 28.8 Å². The van der Waals surface area contributed by atoms with Gasteiger partial charge in [-0.25, -0.2) is 8.42 Å². The van der Waals surface area contributed by atoms with Crippen LogP contribution in [0.25, 0.3) is 0 Å². The molecule has 18 heavy (non-hydrogen) atoms. The molecule has 1 aromatic carbocycles. The van der Waals surface area contributed by atoms with Gasteiger partial charge in [-0.3, -0.25) is 4.79 Å². The van der Waals surface area contributed by atoms with E-state index >= 15 is 0 Å². The van der Waals surface area contributed by atoms with Crippen LogP contribution in [0.4, 0.5) is 13.2 Å². The van der Waals surface area contributed by atoms with Gasteiger partial charge in [0, 0.05) is 0 Å². The molecule has 0 spiro atoms. The van der Waals surface area contributed by atoms with Crippen molar-refractivity contribution in [2.24, 2.45) is 5.73 Å². The minimum atomic E-state index is -4.65. The number of sulfone groups is 1. The molecule has 1 aliphatic heterocycles. The molecule has 0 saturated heterocycles. The zero-order valence-electron chi connectivity index (χ0n) is 8.91. The van der Waals surface area contributed by atoms with Crippen molar-refractivity contribution in [2.75, 3.05) is 5.75 Å². The SMILES string of the molecule is NC(=O)c1ccc(C(F)(F)F)c2c1S(=O)(=O)CC2. The summed E-state index contributed by atoms with van der Waals surface area (Å²) in [4.78, 5) is 10.5. The van der Waals surface area contributed by atoms with Gasteiger partial charge in [-0.1, -0.05) is 0 Å². The summed E-state index contributed by atoms with van der Waals surface area (Å²) < 4.78 is 61.5. The normalized spacial score (nSPS) is 17.5. The lowest BCUT2D eigenvalue weighted by atomic mass is 10.0. The number of amides is 1. The van der Waals surface area contributed by atoms with Crippen LogP contribution in [0.5, 0.6) is 0 Å². The van der Waals surface area contributed by atoms with Gasteiger partial charge >= 0.3 is 6.18 Å². The molecular formula is C10H8F3NO3S. The number of fused-ring (bicyclic) bond motifs is 1. The second kappa shape index (κ2) is 3.71. The molecule has 1 aliphatic rings. The predicted octanol–water partition coefficient (Wildman–Crippen LogP) is 1.13. The maximum atomic E-state index is 12.7. The number of hydrogen-bond acceptors (Lipinski definition) is 3. The first kappa shape index (κ1) is 12.9. The van der Waals surface area contributed by atoms with E-state index in [-0.39, 0.29) is 17.5 Å². The monoisotopic (exact) mass is 279 g/mol. The van der Waals surface area contributed by atoms with Crippen molar-refractivity contribution in [2.45, 2.75) is 17.5 Å². The van der Waals surface area contributed by atoms with Crippen molar-refractivity contribution in [3.8, 4) is 0 Å². The van der Waals surface area contributed by atoms with Crippen LogP contribution in [0.1, 0.15) is 21.5 Å². The summed E-state index contributed by atoms with van der Waals surface area (Å²) in [6.07, 6.45) is -4.91. The first-order valence-electron chi connectivity index (χ1n) is 4.90. The van der Waals surface area contributed by atoms with Crippen LogP contribution in [-0.4, -0.2) is 20.1 Å². The number of rotatable bonds is 1. The average Bonchev–Trinajstić information content (AvgIpc) is 2.53. The molecule has 8 heteroatoms. The third-order valence-corrected chi connectivity index (χ3v) is 4.59. The van der Waals surface area contributed by atoms with Crippen molar-refractivity contribution in [1.29, 1.82) is 0 Å². The molecule has 1 amide bonds. The van der Waals surface area contributed by atoms with Crippen molar-refractivity contribution >= 4 is 15.7 Å². The van der Waals surface area contributed by atoms with Gasteiger partial charge in [0.1, 0.15) is 0 Å². The molecule has 0 atom stereocenters. The Balaban J connectivity index is 2.84. The molecule has 1 heterocycles. The Morgan fingerprint density at radius 1 is 1.28 bits per heavy atom. The molecule has 1 aromatic rings. The molecule has 0 fully saturated rings. The van der Waals surface area contributed by atoms with Gasteiger partial charge in [-0.15, -0.1) is 0 Å². The molecule has 0 unspecified atom stereocenters.